The van der Waals surface area contributed by atoms with Crippen LogP contribution >= 0.6 is 11.3 Å². The molecule has 7 heteroatoms. The predicted molar refractivity (Wildman–Crippen MR) is 110 cm³/mol. The lowest BCUT2D eigenvalue weighted by atomic mass is 10.1. The Labute approximate surface area is 166 Å². The second-order valence-electron chi connectivity index (χ2n) is 6.62. The number of nitro groups is 1. The van der Waals surface area contributed by atoms with E-state index in [1.54, 1.807) is 11.3 Å². The molecular formula is C21H19N3O3S. The van der Waals surface area contributed by atoms with Crippen LogP contribution in [0.2, 0.25) is 0 Å². The van der Waals surface area contributed by atoms with E-state index in [4.69, 9.17) is 0 Å². The van der Waals surface area contributed by atoms with Crippen LogP contribution in [-0.4, -0.2) is 23.9 Å². The Hall–Kier alpha value is -3.19. The summed E-state index contributed by atoms with van der Waals surface area (Å²) in [4.78, 5) is 26.4. The fraction of sp³-hybridized carbons (Fsp3) is 0.190. The molecule has 0 bridgehead atoms. The molecule has 0 fully saturated rings. The molecule has 3 aromatic rings. The van der Waals surface area contributed by atoms with Gasteiger partial charge in [-0.2, -0.15) is 0 Å². The van der Waals surface area contributed by atoms with Crippen molar-refractivity contribution in [3.63, 3.8) is 0 Å². The Morgan fingerprint density at radius 1 is 1.14 bits per heavy atom. The van der Waals surface area contributed by atoms with Gasteiger partial charge in [0, 0.05) is 41.4 Å². The fourth-order valence-corrected chi connectivity index (χ4v) is 4.40. The standard InChI is InChI=1S/C21H19N3O3S/c25-21(16-7-9-17(10-8-16)24(26)27)22-14-19(20-6-3-13-28-20)23-12-11-15-4-1-2-5-18(15)23/h1-10,13,19H,11-12,14H2,(H,22,25)/t19-/m0/s1. The summed E-state index contributed by atoms with van der Waals surface area (Å²) in [6, 6.07) is 18.2. The van der Waals surface area contributed by atoms with Crippen molar-refractivity contribution in [2.75, 3.05) is 18.0 Å². The van der Waals surface area contributed by atoms with Gasteiger partial charge in [0.1, 0.15) is 0 Å². The number of thiophene rings is 1. The zero-order valence-electron chi connectivity index (χ0n) is 15.1. The fourth-order valence-electron chi connectivity index (χ4n) is 3.56. The van der Waals surface area contributed by atoms with Crippen molar-refractivity contribution in [3.8, 4) is 0 Å². The molecule has 1 aliphatic rings. The minimum Gasteiger partial charge on any atom is -0.361 e. The van der Waals surface area contributed by atoms with Gasteiger partial charge in [-0.15, -0.1) is 11.3 Å². The minimum absolute atomic E-state index is 0.0262. The number of anilines is 1. The molecule has 0 saturated heterocycles. The van der Waals surface area contributed by atoms with Gasteiger partial charge >= 0.3 is 0 Å². The number of rotatable bonds is 6. The van der Waals surface area contributed by atoms with Crippen molar-refractivity contribution in [1.82, 2.24) is 5.32 Å². The van der Waals surface area contributed by atoms with Crippen molar-refractivity contribution < 1.29 is 9.72 Å². The molecule has 0 saturated carbocycles. The largest absolute Gasteiger partial charge is 0.361 e. The lowest BCUT2D eigenvalue weighted by molar-refractivity contribution is -0.384. The van der Waals surface area contributed by atoms with Gasteiger partial charge in [-0.25, -0.2) is 0 Å². The number of non-ortho nitro benzene ring substituents is 1. The van der Waals surface area contributed by atoms with Crippen molar-refractivity contribution in [2.45, 2.75) is 12.5 Å². The Balaban J connectivity index is 1.51. The maximum Gasteiger partial charge on any atom is 0.269 e. The molecular weight excluding hydrogens is 374 g/mol. The molecule has 0 unspecified atom stereocenters. The van der Waals surface area contributed by atoms with E-state index in [-0.39, 0.29) is 17.6 Å². The summed E-state index contributed by atoms with van der Waals surface area (Å²) in [6.45, 7) is 1.37. The van der Waals surface area contributed by atoms with Crippen molar-refractivity contribution in [2.24, 2.45) is 0 Å². The number of para-hydroxylation sites is 1. The average Bonchev–Trinajstić information content (AvgIpc) is 3.39. The lowest BCUT2D eigenvalue weighted by Crippen LogP contribution is -2.37. The molecule has 1 aromatic heterocycles. The third kappa shape index (κ3) is 3.61. The van der Waals surface area contributed by atoms with E-state index < -0.39 is 4.92 Å². The molecule has 1 atom stereocenters. The van der Waals surface area contributed by atoms with E-state index in [9.17, 15) is 14.9 Å². The highest BCUT2D eigenvalue weighted by atomic mass is 32.1. The highest BCUT2D eigenvalue weighted by Crippen LogP contribution is 2.36. The molecule has 4 rings (SSSR count). The molecule has 0 radical (unpaired) electrons. The van der Waals surface area contributed by atoms with Gasteiger partial charge in [0.05, 0.1) is 11.0 Å². The van der Waals surface area contributed by atoms with Crippen LogP contribution in [0.5, 0.6) is 0 Å². The molecule has 2 aromatic carbocycles. The minimum atomic E-state index is -0.473. The summed E-state index contributed by atoms with van der Waals surface area (Å²) in [5.41, 5.74) is 2.93. The van der Waals surface area contributed by atoms with Crippen molar-refractivity contribution >= 4 is 28.6 Å². The first-order chi connectivity index (χ1) is 13.6. The number of hydrogen-bond donors (Lipinski definition) is 1. The summed E-state index contributed by atoms with van der Waals surface area (Å²) in [7, 11) is 0. The molecule has 2 heterocycles. The molecule has 0 aliphatic carbocycles. The number of amides is 1. The van der Waals surface area contributed by atoms with Gasteiger partial charge in [0.25, 0.3) is 11.6 Å². The van der Waals surface area contributed by atoms with Crippen LogP contribution in [0.15, 0.2) is 66.0 Å². The molecule has 142 valence electrons. The summed E-state index contributed by atoms with van der Waals surface area (Å²) >= 11 is 1.68. The van der Waals surface area contributed by atoms with Gasteiger partial charge in [-0.3, -0.25) is 14.9 Å². The van der Waals surface area contributed by atoms with Crippen molar-refractivity contribution in [3.05, 3.63) is 92.2 Å². The molecule has 1 amide bonds. The van der Waals surface area contributed by atoms with E-state index in [1.165, 1.54) is 40.4 Å². The zero-order valence-corrected chi connectivity index (χ0v) is 15.9. The number of hydrogen-bond acceptors (Lipinski definition) is 5. The van der Waals surface area contributed by atoms with E-state index in [1.807, 2.05) is 17.5 Å². The molecule has 1 aliphatic heterocycles. The number of nitrogens with zero attached hydrogens (tertiary/aromatic N) is 2. The van der Waals surface area contributed by atoms with Crippen LogP contribution in [0.4, 0.5) is 11.4 Å². The number of fused-ring (bicyclic) bond motifs is 1. The smallest absolute Gasteiger partial charge is 0.269 e. The van der Waals surface area contributed by atoms with Crippen LogP contribution < -0.4 is 10.2 Å². The Bertz CT molecular complexity index is 986. The first-order valence-corrected chi connectivity index (χ1v) is 9.92. The molecule has 28 heavy (non-hydrogen) atoms. The molecule has 0 spiro atoms. The van der Waals surface area contributed by atoms with Gasteiger partial charge in [0.15, 0.2) is 0 Å². The summed E-state index contributed by atoms with van der Waals surface area (Å²) < 4.78 is 0. The number of nitrogens with one attached hydrogen (secondary N) is 1. The number of nitro benzene ring substituents is 1. The number of benzene rings is 2. The van der Waals surface area contributed by atoms with Crippen LogP contribution in [0.25, 0.3) is 0 Å². The zero-order chi connectivity index (χ0) is 19.5. The highest BCUT2D eigenvalue weighted by molar-refractivity contribution is 7.10. The van der Waals surface area contributed by atoms with Crippen LogP contribution in [0.1, 0.15) is 26.8 Å². The Morgan fingerprint density at radius 2 is 1.93 bits per heavy atom. The Kier molecular flexibility index (Phi) is 5.08. The topological polar surface area (TPSA) is 75.5 Å². The quantitative estimate of drug-likeness (QED) is 0.503. The first-order valence-electron chi connectivity index (χ1n) is 9.04. The van der Waals surface area contributed by atoms with Crippen LogP contribution in [0.3, 0.4) is 0 Å². The normalized spacial score (nSPS) is 13.8. The van der Waals surface area contributed by atoms with Crippen LogP contribution in [-0.2, 0) is 6.42 Å². The molecule has 1 N–H and O–H groups in total. The predicted octanol–water partition coefficient (Wildman–Crippen LogP) is 4.19. The van der Waals surface area contributed by atoms with Gasteiger partial charge in [0.2, 0.25) is 0 Å². The maximum atomic E-state index is 12.6. The third-order valence-electron chi connectivity index (χ3n) is 4.97. The number of carbonyl (C=O) groups excluding carboxylic acids is 1. The summed E-state index contributed by atoms with van der Waals surface area (Å²) in [6.07, 6.45) is 0.994. The summed E-state index contributed by atoms with van der Waals surface area (Å²) in [5.74, 6) is -0.232. The third-order valence-corrected chi connectivity index (χ3v) is 5.94. The maximum absolute atomic E-state index is 12.6. The second kappa shape index (κ2) is 7.82. The summed E-state index contributed by atoms with van der Waals surface area (Å²) in [5, 5.41) is 15.8. The van der Waals surface area contributed by atoms with E-state index in [2.05, 4.69) is 34.5 Å². The van der Waals surface area contributed by atoms with Crippen molar-refractivity contribution in [1.29, 1.82) is 0 Å². The Morgan fingerprint density at radius 3 is 2.64 bits per heavy atom. The first kappa shape index (κ1) is 18.2. The average molecular weight is 393 g/mol. The SMILES string of the molecule is O=C(NC[C@@H](c1cccs1)N1CCc2ccccc21)c1ccc([N+](=O)[O-])cc1. The van der Waals surface area contributed by atoms with E-state index in [0.29, 0.717) is 12.1 Å². The van der Waals surface area contributed by atoms with E-state index >= 15 is 0 Å². The van der Waals surface area contributed by atoms with Crippen LogP contribution in [0, 0.1) is 10.1 Å². The highest BCUT2D eigenvalue weighted by Gasteiger charge is 2.28. The number of carbonyl (C=O) groups is 1. The second-order valence-corrected chi connectivity index (χ2v) is 7.60. The lowest BCUT2D eigenvalue weighted by Gasteiger charge is -2.30. The van der Waals surface area contributed by atoms with Gasteiger partial charge < -0.3 is 10.2 Å². The van der Waals surface area contributed by atoms with E-state index in [0.717, 1.165) is 13.0 Å². The van der Waals surface area contributed by atoms with Gasteiger partial charge in [-0.05, 0) is 41.6 Å². The monoisotopic (exact) mass is 393 g/mol. The van der Waals surface area contributed by atoms with Gasteiger partial charge in [-0.1, -0.05) is 24.3 Å². The molecule has 6 nitrogen and oxygen atoms in total.